The van der Waals surface area contributed by atoms with E-state index in [0.29, 0.717) is 16.6 Å². The number of aromatic carboxylic acids is 1. The Hall–Kier alpha value is -3.33. The third-order valence-electron chi connectivity index (χ3n) is 3.41. The van der Waals surface area contributed by atoms with Crippen molar-refractivity contribution in [3.05, 3.63) is 47.7 Å². The number of carboxylic acid groups (broad SMARTS) is 1. The van der Waals surface area contributed by atoms with Gasteiger partial charge in [-0.2, -0.15) is 10.4 Å². The van der Waals surface area contributed by atoms with E-state index >= 15 is 0 Å². The number of nitrogens with zero attached hydrogens (tertiary/aromatic N) is 3. The van der Waals surface area contributed by atoms with E-state index in [9.17, 15) is 9.90 Å². The second-order valence-corrected chi connectivity index (χ2v) is 4.91. The molecular weight excluding hydrogens is 282 g/mol. The Bertz CT molecular complexity index is 951. The summed E-state index contributed by atoms with van der Waals surface area (Å²) in [7, 11) is 1.78. The van der Waals surface area contributed by atoms with Crippen LogP contribution in [0.2, 0.25) is 0 Å². The van der Waals surface area contributed by atoms with Gasteiger partial charge in [0.15, 0.2) is 0 Å². The summed E-state index contributed by atoms with van der Waals surface area (Å²) in [4.78, 5) is 11.0. The highest BCUT2D eigenvalue weighted by Crippen LogP contribution is 2.32. The van der Waals surface area contributed by atoms with Gasteiger partial charge in [-0.3, -0.25) is 4.68 Å². The van der Waals surface area contributed by atoms with Crippen LogP contribution in [0.25, 0.3) is 22.0 Å². The zero-order chi connectivity index (χ0) is 15.9. The van der Waals surface area contributed by atoms with Crippen LogP contribution in [0.3, 0.4) is 0 Å². The van der Waals surface area contributed by atoms with Crippen molar-refractivity contribution < 1.29 is 15.0 Å². The number of rotatable bonds is 2. The van der Waals surface area contributed by atoms with Gasteiger partial charge in [-0.1, -0.05) is 6.07 Å². The molecule has 2 aromatic carbocycles. The van der Waals surface area contributed by atoms with Crippen LogP contribution >= 0.6 is 0 Å². The molecule has 3 aromatic rings. The van der Waals surface area contributed by atoms with Gasteiger partial charge in [0.05, 0.1) is 17.1 Å². The fraction of sp³-hybridized carbons (Fsp3) is 0.0625. The highest BCUT2D eigenvalue weighted by atomic mass is 16.4. The third-order valence-corrected chi connectivity index (χ3v) is 3.41. The number of phenols is 1. The highest BCUT2D eigenvalue weighted by Gasteiger charge is 2.14. The first-order valence-corrected chi connectivity index (χ1v) is 6.44. The molecule has 1 heterocycles. The van der Waals surface area contributed by atoms with Gasteiger partial charge in [-0.15, -0.1) is 0 Å². The molecule has 0 unspecified atom stereocenters. The quantitative estimate of drug-likeness (QED) is 0.756. The number of hydrogen-bond donors (Lipinski definition) is 2. The Morgan fingerprint density at radius 2 is 2.09 bits per heavy atom. The van der Waals surface area contributed by atoms with Gasteiger partial charge in [0.1, 0.15) is 11.3 Å². The molecule has 1 aromatic heterocycles. The van der Waals surface area contributed by atoms with Crippen LogP contribution in [0.4, 0.5) is 0 Å². The first-order chi connectivity index (χ1) is 10.5. The lowest BCUT2D eigenvalue weighted by Gasteiger charge is -2.06. The molecule has 0 aliphatic heterocycles. The minimum atomic E-state index is -1.19. The van der Waals surface area contributed by atoms with E-state index in [1.165, 1.54) is 12.1 Å². The summed E-state index contributed by atoms with van der Waals surface area (Å²) in [5, 5.41) is 33.1. The van der Waals surface area contributed by atoms with Crippen molar-refractivity contribution in [2.75, 3.05) is 0 Å². The van der Waals surface area contributed by atoms with Crippen molar-refractivity contribution in [2.45, 2.75) is 0 Å². The van der Waals surface area contributed by atoms with Gasteiger partial charge in [0.2, 0.25) is 0 Å². The van der Waals surface area contributed by atoms with Crippen LogP contribution in [-0.4, -0.2) is 26.0 Å². The van der Waals surface area contributed by atoms with Crippen molar-refractivity contribution in [1.29, 1.82) is 5.26 Å². The summed E-state index contributed by atoms with van der Waals surface area (Å²) in [5.74, 6) is -1.51. The molecule has 0 bridgehead atoms. The summed E-state index contributed by atoms with van der Waals surface area (Å²) in [5.41, 5.74) is 2.29. The predicted molar refractivity (Wildman–Crippen MR) is 79.5 cm³/mol. The number of aryl methyl sites for hydroxylation is 1. The molecule has 6 heteroatoms. The Morgan fingerprint density at radius 3 is 2.73 bits per heavy atom. The maximum Gasteiger partial charge on any atom is 0.339 e. The summed E-state index contributed by atoms with van der Waals surface area (Å²) in [6, 6.07) is 9.78. The van der Waals surface area contributed by atoms with E-state index in [1.54, 1.807) is 29.9 Å². The molecule has 0 atom stereocenters. The lowest BCUT2D eigenvalue weighted by Crippen LogP contribution is -1.96. The van der Waals surface area contributed by atoms with E-state index in [-0.39, 0.29) is 11.3 Å². The van der Waals surface area contributed by atoms with Gasteiger partial charge in [0, 0.05) is 18.6 Å². The van der Waals surface area contributed by atoms with E-state index < -0.39 is 5.97 Å². The first kappa shape index (κ1) is 13.6. The van der Waals surface area contributed by atoms with E-state index in [0.717, 1.165) is 10.9 Å². The molecule has 0 saturated carbocycles. The predicted octanol–water partition coefficient (Wildman–Crippen LogP) is 2.52. The Kier molecular flexibility index (Phi) is 3.04. The zero-order valence-electron chi connectivity index (χ0n) is 11.6. The molecule has 6 nitrogen and oxygen atoms in total. The number of aromatic hydroxyl groups is 1. The maximum absolute atomic E-state index is 11.0. The summed E-state index contributed by atoms with van der Waals surface area (Å²) >= 11 is 0. The summed E-state index contributed by atoms with van der Waals surface area (Å²) in [6.45, 7) is 0. The summed E-state index contributed by atoms with van der Waals surface area (Å²) < 4.78 is 1.64. The topological polar surface area (TPSA) is 99.1 Å². The van der Waals surface area contributed by atoms with Crippen molar-refractivity contribution in [3.63, 3.8) is 0 Å². The van der Waals surface area contributed by atoms with Crippen LogP contribution in [0.15, 0.2) is 36.5 Å². The molecule has 0 amide bonds. The van der Waals surface area contributed by atoms with E-state index in [4.69, 9.17) is 10.4 Å². The van der Waals surface area contributed by atoms with Gasteiger partial charge in [0.25, 0.3) is 0 Å². The molecule has 22 heavy (non-hydrogen) atoms. The highest BCUT2D eigenvalue weighted by molar-refractivity contribution is 5.97. The number of carboxylic acids is 1. The van der Waals surface area contributed by atoms with Crippen molar-refractivity contribution in [3.8, 4) is 22.9 Å². The largest absolute Gasteiger partial charge is 0.507 e. The lowest BCUT2D eigenvalue weighted by molar-refractivity contribution is 0.0694. The fourth-order valence-corrected chi connectivity index (χ4v) is 2.43. The van der Waals surface area contributed by atoms with Gasteiger partial charge >= 0.3 is 5.97 Å². The summed E-state index contributed by atoms with van der Waals surface area (Å²) in [6.07, 6.45) is 1.81. The lowest BCUT2D eigenvalue weighted by atomic mass is 9.98. The smallest absolute Gasteiger partial charge is 0.339 e. The normalized spacial score (nSPS) is 10.5. The van der Waals surface area contributed by atoms with Crippen LogP contribution in [-0.2, 0) is 7.05 Å². The molecule has 0 aliphatic rings. The molecule has 108 valence electrons. The van der Waals surface area contributed by atoms with E-state index in [1.807, 2.05) is 6.20 Å². The van der Waals surface area contributed by atoms with Gasteiger partial charge in [-0.05, 0) is 35.4 Å². The second kappa shape index (κ2) is 4.90. The molecule has 0 fully saturated rings. The number of fused-ring (bicyclic) bond motifs is 1. The molecule has 3 rings (SSSR count). The first-order valence-electron chi connectivity index (χ1n) is 6.44. The number of hydrogen-bond acceptors (Lipinski definition) is 4. The van der Waals surface area contributed by atoms with Crippen LogP contribution in [0.5, 0.6) is 5.75 Å². The Morgan fingerprint density at radius 1 is 1.32 bits per heavy atom. The molecule has 0 spiro atoms. The van der Waals surface area contributed by atoms with Crippen LogP contribution in [0.1, 0.15) is 15.9 Å². The van der Waals surface area contributed by atoms with Crippen molar-refractivity contribution in [1.82, 2.24) is 9.78 Å². The van der Waals surface area contributed by atoms with Crippen molar-refractivity contribution in [2.24, 2.45) is 7.05 Å². The molecule has 0 aliphatic carbocycles. The number of benzene rings is 2. The number of carbonyl (C=O) groups is 1. The van der Waals surface area contributed by atoms with E-state index in [2.05, 4.69) is 11.2 Å². The SMILES string of the molecule is Cn1cc2c(-c3ccc(C(=O)O)c(O)c3)cc(C#N)cc2n1. The zero-order valence-corrected chi connectivity index (χ0v) is 11.6. The number of nitriles is 1. The van der Waals surface area contributed by atoms with Crippen molar-refractivity contribution >= 4 is 16.9 Å². The monoisotopic (exact) mass is 293 g/mol. The third kappa shape index (κ3) is 2.15. The molecule has 2 N–H and O–H groups in total. The Balaban J connectivity index is 2.27. The van der Waals surface area contributed by atoms with Crippen LogP contribution in [0, 0.1) is 11.3 Å². The van der Waals surface area contributed by atoms with Gasteiger partial charge in [-0.25, -0.2) is 4.79 Å². The minimum absolute atomic E-state index is 0.164. The molecule has 0 radical (unpaired) electrons. The fourth-order valence-electron chi connectivity index (χ4n) is 2.43. The van der Waals surface area contributed by atoms with Crippen LogP contribution < -0.4 is 0 Å². The Labute approximate surface area is 125 Å². The number of aromatic nitrogens is 2. The molecule has 0 saturated heterocycles. The van der Waals surface area contributed by atoms with Gasteiger partial charge < -0.3 is 10.2 Å². The molecular formula is C16H11N3O3. The standard InChI is InChI=1S/C16H11N3O3/c1-19-8-13-12(4-9(7-17)5-14(13)18-19)10-2-3-11(16(21)22)15(20)6-10/h2-6,8,20H,1H3,(H,21,22). The maximum atomic E-state index is 11.0. The minimum Gasteiger partial charge on any atom is -0.507 e. The average molecular weight is 293 g/mol. The average Bonchev–Trinajstić information content (AvgIpc) is 2.85. The second-order valence-electron chi connectivity index (χ2n) is 4.91.